The van der Waals surface area contributed by atoms with Crippen LogP contribution in [0.5, 0.6) is 0 Å². The van der Waals surface area contributed by atoms with Crippen molar-refractivity contribution >= 4 is 17.5 Å². The van der Waals surface area contributed by atoms with Crippen molar-refractivity contribution < 1.29 is 4.79 Å². The van der Waals surface area contributed by atoms with Crippen molar-refractivity contribution in [3.8, 4) is 0 Å². The van der Waals surface area contributed by atoms with Gasteiger partial charge in [-0.2, -0.15) is 11.8 Å². The van der Waals surface area contributed by atoms with Gasteiger partial charge in [-0.15, -0.1) is 0 Å². The number of nitrogens with zero attached hydrogens (tertiary/aromatic N) is 1. The number of thioether (sulfide) groups is 1. The van der Waals surface area contributed by atoms with Crippen molar-refractivity contribution in [2.75, 3.05) is 18.1 Å². The fraction of sp³-hybridized carbons (Fsp3) is 0.889. The van der Waals surface area contributed by atoms with Gasteiger partial charge in [0.15, 0.2) is 0 Å². The van der Waals surface area contributed by atoms with Gasteiger partial charge in [0.05, 0.1) is 6.04 Å². The van der Waals surface area contributed by atoms with Crippen LogP contribution in [-0.4, -0.2) is 40.8 Å². The highest BCUT2D eigenvalue weighted by Crippen LogP contribution is 2.29. The molecule has 0 aromatic heterocycles. The highest BCUT2D eigenvalue weighted by Gasteiger charge is 2.36. The van der Waals surface area contributed by atoms with Crippen LogP contribution in [0.1, 0.15) is 19.8 Å². The molecule has 0 saturated carbocycles. The highest BCUT2D eigenvalue weighted by atomic mass is 32.2. The number of Topliss-reactive ketones (excluding diaryl/α,β-unsaturated/α-hetero) is 1. The molecule has 68 valence electrons. The third kappa shape index (κ3) is 1.40. The third-order valence-corrected chi connectivity index (χ3v) is 4.09. The Bertz CT molecular complexity index is 191. The van der Waals surface area contributed by atoms with Gasteiger partial charge in [-0.05, 0) is 26.3 Å². The van der Waals surface area contributed by atoms with Crippen LogP contribution < -0.4 is 0 Å². The van der Waals surface area contributed by atoms with Gasteiger partial charge >= 0.3 is 0 Å². The molecular formula is C9H15NOS. The zero-order valence-corrected chi connectivity index (χ0v) is 8.27. The lowest BCUT2D eigenvalue weighted by Crippen LogP contribution is -2.49. The number of rotatable bonds is 2. The molecule has 1 atom stereocenters. The molecule has 0 N–H and O–H groups in total. The molecule has 2 rings (SSSR count). The number of carbonyl (C=O) groups is 1. The Hall–Kier alpha value is -0.0200. The quantitative estimate of drug-likeness (QED) is 0.644. The van der Waals surface area contributed by atoms with Crippen LogP contribution in [0.4, 0.5) is 0 Å². The summed E-state index contributed by atoms with van der Waals surface area (Å²) >= 11 is 1.99. The molecule has 2 saturated heterocycles. The first kappa shape index (κ1) is 8.57. The van der Waals surface area contributed by atoms with E-state index < -0.39 is 0 Å². The molecule has 2 heterocycles. The van der Waals surface area contributed by atoms with Gasteiger partial charge in [0, 0.05) is 17.5 Å². The molecule has 0 amide bonds. The number of carbonyl (C=O) groups excluding carboxylic acids is 1. The lowest BCUT2D eigenvalue weighted by Gasteiger charge is -2.37. The predicted molar refractivity (Wildman–Crippen MR) is 51.5 cm³/mol. The number of hydrogen-bond acceptors (Lipinski definition) is 3. The van der Waals surface area contributed by atoms with Crippen molar-refractivity contribution in [2.45, 2.75) is 31.8 Å². The molecule has 0 aliphatic carbocycles. The average Bonchev–Trinajstić information content (AvgIpc) is 2.31. The Morgan fingerprint density at radius 1 is 1.50 bits per heavy atom. The molecule has 0 bridgehead atoms. The molecule has 2 aliphatic rings. The van der Waals surface area contributed by atoms with Crippen molar-refractivity contribution in [3.05, 3.63) is 0 Å². The zero-order chi connectivity index (χ0) is 8.55. The minimum Gasteiger partial charge on any atom is -0.298 e. The summed E-state index contributed by atoms with van der Waals surface area (Å²) in [4.78, 5) is 13.7. The van der Waals surface area contributed by atoms with Crippen LogP contribution >= 0.6 is 11.8 Å². The Kier molecular flexibility index (Phi) is 2.42. The van der Waals surface area contributed by atoms with E-state index in [1.54, 1.807) is 6.92 Å². The maximum atomic E-state index is 11.3. The summed E-state index contributed by atoms with van der Waals surface area (Å²) in [5.41, 5.74) is 0. The molecule has 12 heavy (non-hydrogen) atoms. The predicted octanol–water partition coefficient (Wildman–Crippen LogP) is 1.16. The summed E-state index contributed by atoms with van der Waals surface area (Å²) in [5.74, 6) is 2.84. The molecule has 0 spiro atoms. The molecule has 0 radical (unpaired) electrons. The smallest absolute Gasteiger partial charge is 0.146 e. The minimum absolute atomic E-state index is 0.260. The lowest BCUT2D eigenvalue weighted by atomic mass is 10.1. The highest BCUT2D eigenvalue weighted by molar-refractivity contribution is 8.00. The largest absolute Gasteiger partial charge is 0.298 e. The van der Waals surface area contributed by atoms with Gasteiger partial charge in [0.2, 0.25) is 0 Å². The number of likely N-dealkylation sites (tertiary alicyclic amines) is 1. The van der Waals surface area contributed by atoms with E-state index in [0.29, 0.717) is 11.8 Å². The minimum atomic E-state index is 0.260. The van der Waals surface area contributed by atoms with Crippen LogP contribution in [-0.2, 0) is 4.79 Å². The van der Waals surface area contributed by atoms with Crippen LogP contribution in [0.3, 0.4) is 0 Å². The first-order chi connectivity index (χ1) is 5.79. The second kappa shape index (κ2) is 3.38. The van der Waals surface area contributed by atoms with E-state index in [1.165, 1.54) is 17.9 Å². The summed E-state index contributed by atoms with van der Waals surface area (Å²) in [7, 11) is 0. The first-order valence-electron chi connectivity index (χ1n) is 4.63. The van der Waals surface area contributed by atoms with E-state index in [4.69, 9.17) is 0 Å². The molecule has 2 nitrogen and oxygen atoms in total. The van der Waals surface area contributed by atoms with E-state index in [2.05, 4.69) is 4.90 Å². The fourth-order valence-corrected chi connectivity index (χ4v) is 2.91. The zero-order valence-electron chi connectivity index (χ0n) is 7.45. The Labute approximate surface area is 77.7 Å². The van der Waals surface area contributed by atoms with Gasteiger partial charge in [0.1, 0.15) is 5.78 Å². The maximum Gasteiger partial charge on any atom is 0.146 e. The second-order valence-electron chi connectivity index (χ2n) is 3.70. The first-order valence-corrected chi connectivity index (χ1v) is 5.78. The van der Waals surface area contributed by atoms with E-state index in [1.807, 2.05) is 11.8 Å². The molecule has 0 aromatic rings. The topological polar surface area (TPSA) is 20.3 Å². The van der Waals surface area contributed by atoms with Gasteiger partial charge in [0.25, 0.3) is 0 Å². The van der Waals surface area contributed by atoms with Gasteiger partial charge in [-0.1, -0.05) is 0 Å². The summed E-state index contributed by atoms with van der Waals surface area (Å²) in [5, 5.41) is 0. The van der Waals surface area contributed by atoms with Gasteiger partial charge in [-0.25, -0.2) is 0 Å². The molecule has 2 fully saturated rings. The Morgan fingerprint density at radius 3 is 2.75 bits per heavy atom. The average molecular weight is 185 g/mol. The van der Waals surface area contributed by atoms with Gasteiger partial charge in [-0.3, -0.25) is 9.69 Å². The van der Waals surface area contributed by atoms with Crippen molar-refractivity contribution in [1.82, 2.24) is 4.90 Å². The number of ketones is 1. The van der Waals surface area contributed by atoms with Crippen molar-refractivity contribution in [2.24, 2.45) is 0 Å². The van der Waals surface area contributed by atoms with Crippen molar-refractivity contribution in [3.63, 3.8) is 0 Å². The molecule has 2 aliphatic heterocycles. The van der Waals surface area contributed by atoms with Crippen LogP contribution in [0.25, 0.3) is 0 Å². The van der Waals surface area contributed by atoms with Crippen molar-refractivity contribution in [1.29, 1.82) is 0 Å². The molecule has 3 heteroatoms. The van der Waals surface area contributed by atoms with Crippen LogP contribution in [0, 0.1) is 0 Å². The fourth-order valence-electron chi connectivity index (χ4n) is 2.08. The normalized spacial score (nSPS) is 31.9. The maximum absolute atomic E-state index is 11.3. The monoisotopic (exact) mass is 185 g/mol. The molecule has 1 unspecified atom stereocenters. The Morgan fingerprint density at radius 2 is 2.25 bits per heavy atom. The molecule has 0 aromatic carbocycles. The lowest BCUT2D eigenvalue weighted by molar-refractivity contribution is -0.121. The van der Waals surface area contributed by atoms with Gasteiger partial charge < -0.3 is 0 Å². The van der Waals surface area contributed by atoms with Crippen LogP contribution in [0.2, 0.25) is 0 Å². The van der Waals surface area contributed by atoms with E-state index in [-0.39, 0.29) is 6.04 Å². The second-order valence-corrected chi connectivity index (χ2v) is 4.77. The summed E-state index contributed by atoms with van der Waals surface area (Å²) in [6.45, 7) is 2.88. The summed E-state index contributed by atoms with van der Waals surface area (Å²) in [6.07, 6.45) is 2.31. The summed E-state index contributed by atoms with van der Waals surface area (Å²) in [6, 6.07) is 0.974. The van der Waals surface area contributed by atoms with E-state index in [9.17, 15) is 4.79 Å². The standard InChI is InChI=1S/C9H15NOS/c1-7(11)9-3-2-4-10(9)8-5-12-6-8/h8-9H,2-6H2,1H3. The third-order valence-electron chi connectivity index (χ3n) is 2.85. The van der Waals surface area contributed by atoms with E-state index >= 15 is 0 Å². The Balaban J connectivity index is 1.98. The number of hydrogen-bond donors (Lipinski definition) is 0. The summed E-state index contributed by atoms with van der Waals surface area (Å²) < 4.78 is 0. The van der Waals surface area contributed by atoms with Crippen LogP contribution in [0.15, 0.2) is 0 Å². The molecular weight excluding hydrogens is 170 g/mol. The SMILES string of the molecule is CC(=O)C1CCCN1C1CSC1. The van der Waals surface area contributed by atoms with E-state index in [0.717, 1.165) is 13.0 Å².